The summed E-state index contributed by atoms with van der Waals surface area (Å²) in [4.78, 5) is 11.9. The van der Waals surface area contributed by atoms with Crippen LogP contribution in [0.15, 0.2) is 12.3 Å². The molecule has 0 unspecified atom stereocenters. The van der Waals surface area contributed by atoms with Gasteiger partial charge in [-0.1, -0.05) is 0 Å². The minimum atomic E-state index is -0.235. The van der Waals surface area contributed by atoms with Crippen LogP contribution in [0.4, 0.5) is 10.5 Å². The van der Waals surface area contributed by atoms with E-state index in [0.717, 1.165) is 17.1 Å². The minimum absolute atomic E-state index is 0.00493. The maximum Gasteiger partial charge on any atom is 0.319 e. The lowest BCUT2D eigenvalue weighted by Gasteiger charge is -2.13. The summed E-state index contributed by atoms with van der Waals surface area (Å²) in [6.07, 6.45) is 2.46. The van der Waals surface area contributed by atoms with Gasteiger partial charge in [-0.25, -0.2) is 4.79 Å². The lowest BCUT2D eigenvalue weighted by Crippen LogP contribution is -2.37. The van der Waals surface area contributed by atoms with E-state index in [0.29, 0.717) is 12.1 Å². The summed E-state index contributed by atoms with van der Waals surface area (Å²) in [6.45, 7) is 5.75. The van der Waals surface area contributed by atoms with Crippen LogP contribution in [-0.4, -0.2) is 32.1 Å². The molecule has 0 radical (unpaired) electrons. The Kier molecular flexibility index (Phi) is 4.07. The number of nitrogens with zero attached hydrogens (tertiary/aromatic N) is 3. The number of hydrogen-bond acceptors (Lipinski definition) is 3. The van der Waals surface area contributed by atoms with Crippen LogP contribution < -0.4 is 10.6 Å². The van der Waals surface area contributed by atoms with E-state index in [1.807, 2.05) is 33.9 Å². The molecule has 0 aliphatic heterocycles. The molecule has 0 fully saturated rings. The molecule has 108 valence electrons. The van der Waals surface area contributed by atoms with Crippen molar-refractivity contribution in [1.29, 1.82) is 0 Å². The Bertz CT molecular complexity index is 600. The van der Waals surface area contributed by atoms with Crippen molar-refractivity contribution in [3.63, 3.8) is 0 Å². The lowest BCUT2D eigenvalue weighted by atomic mass is 10.2. The number of aromatic nitrogens is 4. The van der Waals surface area contributed by atoms with E-state index in [9.17, 15) is 4.79 Å². The van der Waals surface area contributed by atoms with Crippen molar-refractivity contribution in [3.8, 4) is 0 Å². The Balaban J connectivity index is 1.86. The monoisotopic (exact) mass is 276 g/mol. The highest BCUT2D eigenvalue weighted by molar-refractivity contribution is 5.89. The SMILES string of the molecule is Cc1cc(C[C@H](C)NC(=O)Nc2cn(C)nc2C)n[nH]1. The summed E-state index contributed by atoms with van der Waals surface area (Å²) >= 11 is 0. The fraction of sp³-hybridized carbons (Fsp3) is 0.462. The first-order chi connectivity index (χ1) is 9.44. The maximum absolute atomic E-state index is 11.9. The molecule has 0 aliphatic carbocycles. The number of amides is 2. The van der Waals surface area contributed by atoms with Gasteiger partial charge in [0.05, 0.1) is 17.1 Å². The minimum Gasteiger partial charge on any atom is -0.335 e. The van der Waals surface area contributed by atoms with Gasteiger partial charge in [0.15, 0.2) is 0 Å². The van der Waals surface area contributed by atoms with Crippen molar-refractivity contribution in [2.45, 2.75) is 33.2 Å². The molecule has 0 aromatic carbocycles. The number of carbonyl (C=O) groups excluding carboxylic acids is 1. The number of anilines is 1. The second kappa shape index (κ2) is 5.77. The van der Waals surface area contributed by atoms with Crippen molar-refractivity contribution >= 4 is 11.7 Å². The quantitative estimate of drug-likeness (QED) is 0.791. The molecule has 0 bridgehead atoms. The Morgan fingerprint density at radius 3 is 2.80 bits per heavy atom. The molecular formula is C13H20N6O. The molecule has 7 heteroatoms. The van der Waals surface area contributed by atoms with Gasteiger partial charge in [-0.2, -0.15) is 10.2 Å². The third-order valence-corrected chi connectivity index (χ3v) is 2.91. The Morgan fingerprint density at radius 2 is 2.25 bits per heavy atom. The average molecular weight is 276 g/mol. The van der Waals surface area contributed by atoms with Crippen LogP contribution in [0.5, 0.6) is 0 Å². The molecule has 1 atom stereocenters. The van der Waals surface area contributed by atoms with E-state index in [1.165, 1.54) is 0 Å². The van der Waals surface area contributed by atoms with Crippen molar-refractivity contribution < 1.29 is 4.79 Å². The topological polar surface area (TPSA) is 87.6 Å². The standard InChI is InChI=1S/C13H20N6O/c1-8(5-11-6-9(2)16-17-11)14-13(20)15-12-7-19(4)18-10(12)3/h6-8H,5H2,1-4H3,(H,16,17)(H2,14,15,20)/t8-/m0/s1. The van der Waals surface area contributed by atoms with E-state index >= 15 is 0 Å². The predicted molar refractivity (Wildman–Crippen MR) is 76.6 cm³/mol. The Labute approximate surface area is 117 Å². The molecule has 2 rings (SSSR count). The molecule has 0 aliphatic rings. The van der Waals surface area contributed by atoms with Gasteiger partial charge in [-0.05, 0) is 26.8 Å². The summed E-state index contributed by atoms with van der Waals surface area (Å²) in [6, 6.07) is 1.73. The fourth-order valence-corrected chi connectivity index (χ4v) is 2.05. The van der Waals surface area contributed by atoms with E-state index in [2.05, 4.69) is 25.9 Å². The highest BCUT2D eigenvalue weighted by Gasteiger charge is 2.12. The number of hydrogen-bond donors (Lipinski definition) is 3. The van der Waals surface area contributed by atoms with Crippen molar-refractivity contribution in [3.05, 3.63) is 29.3 Å². The van der Waals surface area contributed by atoms with Crippen LogP contribution in [0, 0.1) is 13.8 Å². The Morgan fingerprint density at radius 1 is 1.50 bits per heavy atom. The highest BCUT2D eigenvalue weighted by atomic mass is 16.2. The summed E-state index contributed by atoms with van der Waals surface area (Å²) in [5.41, 5.74) is 3.46. The van der Waals surface area contributed by atoms with Gasteiger partial charge in [-0.3, -0.25) is 9.78 Å². The van der Waals surface area contributed by atoms with Gasteiger partial charge in [0, 0.05) is 31.4 Å². The molecule has 0 saturated heterocycles. The van der Waals surface area contributed by atoms with Crippen LogP contribution in [0.2, 0.25) is 0 Å². The van der Waals surface area contributed by atoms with Gasteiger partial charge >= 0.3 is 6.03 Å². The number of H-pyrrole nitrogens is 1. The van der Waals surface area contributed by atoms with Crippen LogP contribution in [0.3, 0.4) is 0 Å². The zero-order valence-electron chi connectivity index (χ0n) is 12.2. The van der Waals surface area contributed by atoms with Crippen molar-refractivity contribution in [2.24, 2.45) is 7.05 Å². The van der Waals surface area contributed by atoms with Crippen LogP contribution >= 0.6 is 0 Å². The highest BCUT2D eigenvalue weighted by Crippen LogP contribution is 2.11. The summed E-state index contributed by atoms with van der Waals surface area (Å²) < 4.78 is 1.67. The number of rotatable bonds is 4. The second-order valence-electron chi connectivity index (χ2n) is 5.05. The number of aryl methyl sites for hydroxylation is 3. The van der Waals surface area contributed by atoms with Gasteiger partial charge in [-0.15, -0.1) is 0 Å². The average Bonchev–Trinajstić information content (AvgIpc) is 2.85. The van der Waals surface area contributed by atoms with E-state index in [4.69, 9.17) is 0 Å². The number of nitrogens with one attached hydrogen (secondary N) is 3. The molecular weight excluding hydrogens is 256 g/mol. The first kappa shape index (κ1) is 14.1. The third kappa shape index (κ3) is 3.59. The van der Waals surface area contributed by atoms with E-state index < -0.39 is 0 Å². The number of carbonyl (C=O) groups is 1. The maximum atomic E-state index is 11.9. The molecule has 2 aromatic rings. The fourth-order valence-electron chi connectivity index (χ4n) is 2.05. The summed E-state index contributed by atoms with van der Waals surface area (Å²) in [5, 5.41) is 16.9. The van der Waals surface area contributed by atoms with Gasteiger partial charge < -0.3 is 10.6 Å². The van der Waals surface area contributed by atoms with E-state index in [1.54, 1.807) is 10.9 Å². The largest absolute Gasteiger partial charge is 0.335 e. The second-order valence-corrected chi connectivity index (χ2v) is 5.05. The molecule has 7 nitrogen and oxygen atoms in total. The summed E-state index contributed by atoms with van der Waals surface area (Å²) in [5.74, 6) is 0. The normalized spacial score (nSPS) is 12.2. The zero-order valence-corrected chi connectivity index (χ0v) is 12.2. The Hall–Kier alpha value is -2.31. The first-order valence-electron chi connectivity index (χ1n) is 6.52. The van der Waals surface area contributed by atoms with Crippen LogP contribution in [0.25, 0.3) is 0 Å². The molecule has 2 aromatic heterocycles. The van der Waals surface area contributed by atoms with Gasteiger partial charge in [0.2, 0.25) is 0 Å². The molecule has 20 heavy (non-hydrogen) atoms. The van der Waals surface area contributed by atoms with Gasteiger partial charge in [0.25, 0.3) is 0 Å². The first-order valence-corrected chi connectivity index (χ1v) is 6.52. The number of urea groups is 1. The van der Waals surface area contributed by atoms with Crippen LogP contribution in [0.1, 0.15) is 24.0 Å². The molecule has 3 N–H and O–H groups in total. The molecule has 2 heterocycles. The van der Waals surface area contributed by atoms with Crippen LogP contribution in [-0.2, 0) is 13.5 Å². The van der Waals surface area contributed by atoms with Gasteiger partial charge in [0.1, 0.15) is 0 Å². The zero-order chi connectivity index (χ0) is 14.7. The molecule has 0 spiro atoms. The smallest absolute Gasteiger partial charge is 0.319 e. The summed E-state index contributed by atoms with van der Waals surface area (Å²) in [7, 11) is 1.82. The number of aromatic amines is 1. The molecule has 0 saturated carbocycles. The molecule has 2 amide bonds. The van der Waals surface area contributed by atoms with Crippen molar-refractivity contribution in [2.75, 3.05) is 5.32 Å². The third-order valence-electron chi connectivity index (χ3n) is 2.91. The predicted octanol–water partition coefficient (Wildman–Crippen LogP) is 1.51. The van der Waals surface area contributed by atoms with Crippen molar-refractivity contribution in [1.82, 2.24) is 25.3 Å². The van der Waals surface area contributed by atoms with E-state index in [-0.39, 0.29) is 12.1 Å². The lowest BCUT2D eigenvalue weighted by molar-refractivity contribution is 0.249.